The molecule has 6 heteroatoms. The maximum Gasteiger partial charge on any atom is 0.227 e. The highest BCUT2D eigenvalue weighted by Crippen LogP contribution is 2.23. The van der Waals surface area contributed by atoms with Gasteiger partial charge in [0.05, 0.1) is 11.1 Å². The van der Waals surface area contributed by atoms with Gasteiger partial charge in [0.2, 0.25) is 5.95 Å². The maximum atomic E-state index is 4.90. The van der Waals surface area contributed by atoms with Gasteiger partial charge in [-0.3, -0.25) is 0 Å². The smallest absolute Gasteiger partial charge is 0.227 e. The molecule has 0 aliphatic carbocycles. The van der Waals surface area contributed by atoms with E-state index < -0.39 is 0 Å². The van der Waals surface area contributed by atoms with Crippen LogP contribution in [0.15, 0.2) is 36.5 Å². The largest absolute Gasteiger partial charge is 0.335 e. The third-order valence-corrected chi connectivity index (χ3v) is 5.22. The molecule has 3 aromatic rings. The van der Waals surface area contributed by atoms with E-state index in [0.717, 1.165) is 55.3 Å². The van der Waals surface area contributed by atoms with E-state index in [4.69, 9.17) is 9.97 Å². The van der Waals surface area contributed by atoms with E-state index in [9.17, 15) is 0 Å². The van der Waals surface area contributed by atoms with Crippen LogP contribution in [0.25, 0.3) is 11.0 Å². The first-order chi connectivity index (χ1) is 12.7. The number of rotatable bonds is 4. The summed E-state index contributed by atoms with van der Waals surface area (Å²) < 4.78 is 1.97. The molecule has 2 aromatic heterocycles. The quantitative estimate of drug-likeness (QED) is 0.724. The Morgan fingerprint density at radius 2 is 1.96 bits per heavy atom. The molecule has 6 nitrogen and oxygen atoms in total. The molecule has 4 rings (SSSR count). The van der Waals surface area contributed by atoms with Crippen molar-refractivity contribution in [2.24, 2.45) is 0 Å². The Kier molecular flexibility index (Phi) is 4.59. The lowest BCUT2D eigenvalue weighted by atomic mass is 10.0. The van der Waals surface area contributed by atoms with Crippen molar-refractivity contribution in [3.8, 4) is 0 Å². The lowest BCUT2D eigenvalue weighted by Gasteiger charge is -2.40. The Bertz CT molecular complexity index is 888. The van der Waals surface area contributed by atoms with Gasteiger partial charge < -0.3 is 9.80 Å². The molecule has 1 fully saturated rings. The monoisotopic (exact) mass is 350 g/mol. The van der Waals surface area contributed by atoms with Gasteiger partial charge in [-0.15, -0.1) is 0 Å². The van der Waals surface area contributed by atoms with Crippen molar-refractivity contribution in [2.45, 2.75) is 32.9 Å². The van der Waals surface area contributed by atoms with Crippen molar-refractivity contribution in [3.63, 3.8) is 0 Å². The van der Waals surface area contributed by atoms with Crippen LogP contribution in [0, 0.1) is 6.92 Å². The van der Waals surface area contributed by atoms with Crippen LogP contribution in [0.5, 0.6) is 0 Å². The number of aryl methyl sites for hydroxylation is 2. The summed E-state index contributed by atoms with van der Waals surface area (Å²) in [5.41, 5.74) is 3.29. The zero-order valence-corrected chi connectivity index (χ0v) is 15.8. The summed E-state index contributed by atoms with van der Waals surface area (Å²) >= 11 is 0. The predicted molar refractivity (Wildman–Crippen MR) is 105 cm³/mol. The molecular formula is C20H26N6. The van der Waals surface area contributed by atoms with E-state index in [-0.39, 0.29) is 0 Å². The minimum atomic E-state index is 0.368. The lowest BCUT2D eigenvalue weighted by Crippen LogP contribution is -2.53. The summed E-state index contributed by atoms with van der Waals surface area (Å²) in [5, 5.41) is 5.63. The van der Waals surface area contributed by atoms with Crippen LogP contribution < -0.4 is 4.90 Å². The Balaban J connectivity index is 1.68. The lowest BCUT2D eigenvalue weighted by molar-refractivity contribution is 0.264. The van der Waals surface area contributed by atoms with Gasteiger partial charge in [0, 0.05) is 38.4 Å². The van der Waals surface area contributed by atoms with Crippen molar-refractivity contribution < 1.29 is 0 Å². The topological polar surface area (TPSA) is 50.1 Å². The first-order valence-electron chi connectivity index (χ1n) is 9.35. The number of likely N-dealkylation sites (N-methyl/N-ethyl adjacent to an activating group) is 1. The van der Waals surface area contributed by atoms with E-state index in [1.165, 1.54) is 5.56 Å². The molecule has 0 spiro atoms. The van der Waals surface area contributed by atoms with Gasteiger partial charge in [-0.1, -0.05) is 30.3 Å². The molecule has 0 bridgehead atoms. The van der Waals surface area contributed by atoms with Gasteiger partial charge in [-0.05, 0) is 32.9 Å². The van der Waals surface area contributed by atoms with Gasteiger partial charge >= 0.3 is 0 Å². The van der Waals surface area contributed by atoms with Crippen LogP contribution in [-0.4, -0.2) is 57.4 Å². The third kappa shape index (κ3) is 3.17. The molecule has 0 amide bonds. The molecule has 26 heavy (non-hydrogen) atoms. The first-order valence-corrected chi connectivity index (χ1v) is 9.35. The number of aromatic nitrogens is 4. The van der Waals surface area contributed by atoms with Crippen molar-refractivity contribution in [1.29, 1.82) is 0 Å². The second kappa shape index (κ2) is 7.03. The summed E-state index contributed by atoms with van der Waals surface area (Å²) in [4.78, 5) is 14.4. The molecule has 3 heterocycles. The summed E-state index contributed by atoms with van der Waals surface area (Å²) in [5.74, 6) is 0.820. The molecule has 1 aromatic carbocycles. The number of benzene rings is 1. The normalized spacial score (nSPS) is 18.6. The number of hydrogen-bond acceptors (Lipinski definition) is 5. The highest BCUT2D eigenvalue weighted by atomic mass is 15.4. The molecule has 1 aliphatic rings. The Labute approximate surface area is 154 Å². The molecule has 1 aliphatic heterocycles. The predicted octanol–water partition coefficient (Wildman–Crippen LogP) is 2.52. The average molecular weight is 350 g/mol. The maximum absolute atomic E-state index is 4.90. The Hall–Kier alpha value is -2.47. The standard InChI is InChI=1S/C20H26N6/c1-4-26-19-18(15(2)23-26)13-21-20(22-19)25-11-10-24(3)14-17(25)12-16-8-6-5-7-9-16/h5-9,13,17H,4,10-12,14H2,1-3H3. The molecule has 0 N–H and O–H groups in total. The highest BCUT2D eigenvalue weighted by molar-refractivity contribution is 5.78. The van der Waals surface area contributed by atoms with Gasteiger partial charge in [0.25, 0.3) is 0 Å². The minimum absolute atomic E-state index is 0.368. The van der Waals surface area contributed by atoms with Crippen LogP contribution in [-0.2, 0) is 13.0 Å². The average Bonchev–Trinajstić information content (AvgIpc) is 2.98. The number of piperazine rings is 1. The van der Waals surface area contributed by atoms with Crippen LogP contribution in [0.2, 0.25) is 0 Å². The third-order valence-electron chi connectivity index (χ3n) is 5.22. The zero-order chi connectivity index (χ0) is 18.1. The van der Waals surface area contributed by atoms with Crippen molar-refractivity contribution in [2.75, 3.05) is 31.6 Å². The summed E-state index contributed by atoms with van der Waals surface area (Å²) in [6.07, 6.45) is 2.93. The molecule has 1 unspecified atom stereocenters. The van der Waals surface area contributed by atoms with Crippen LogP contribution in [0.4, 0.5) is 5.95 Å². The van der Waals surface area contributed by atoms with Gasteiger partial charge in [-0.25, -0.2) is 9.67 Å². The second-order valence-corrected chi connectivity index (χ2v) is 7.11. The molecule has 136 valence electrons. The van der Waals surface area contributed by atoms with Crippen molar-refractivity contribution in [3.05, 3.63) is 47.8 Å². The molecule has 0 radical (unpaired) electrons. The number of fused-ring (bicyclic) bond motifs is 1. The minimum Gasteiger partial charge on any atom is -0.335 e. The van der Waals surface area contributed by atoms with E-state index in [2.05, 4.69) is 59.2 Å². The van der Waals surface area contributed by atoms with Crippen molar-refractivity contribution in [1.82, 2.24) is 24.6 Å². The van der Waals surface area contributed by atoms with Crippen LogP contribution >= 0.6 is 0 Å². The van der Waals surface area contributed by atoms with Crippen molar-refractivity contribution >= 4 is 17.0 Å². The highest BCUT2D eigenvalue weighted by Gasteiger charge is 2.28. The van der Waals surface area contributed by atoms with E-state index >= 15 is 0 Å². The fourth-order valence-electron chi connectivity index (χ4n) is 3.79. The van der Waals surface area contributed by atoms with Gasteiger partial charge in [0.15, 0.2) is 5.65 Å². The van der Waals surface area contributed by atoms with E-state index in [1.807, 2.05) is 17.8 Å². The number of hydrogen-bond donors (Lipinski definition) is 0. The van der Waals surface area contributed by atoms with Crippen LogP contribution in [0.1, 0.15) is 18.2 Å². The zero-order valence-electron chi connectivity index (χ0n) is 15.8. The fourth-order valence-corrected chi connectivity index (χ4v) is 3.79. The van der Waals surface area contributed by atoms with E-state index in [0.29, 0.717) is 6.04 Å². The van der Waals surface area contributed by atoms with E-state index in [1.54, 1.807) is 0 Å². The summed E-state index contributed by atoms with van der Waals surface area (Å²) in [7, 11) is 2.19. The second-order valence-electron chi connectivity index (χ2n) is 7.11. The fraction of sp³-hybridized carbons (Fsp3) is 0.450. The summed E-state index contributed by atoms with van der Waals surface area (Å²) in [6.45, 7) is 7.92. The molecule has 0 saturated carbocycles. The number of anilines is 1. The van der Waals surface area contributed by atoms with Gasteiger partial charge in [0.1, 0.15) is 0 Å². The Morgan fingerprint density at radius 3 is 2.73 bits per heavy atom. The number of nitrogens with zero attached hydrogens (tertiary/aromatic N) is 6. The Morgan fingerprint density at radius 1 is 1.15 bits per heavy atom. The molecule has 1 atom stereocenters. The first kappa shape index (κ1) is 17.0. The van der Waals surface area contributed by atoms with Gasteiger partial charge in [-0.2, -0.15) is 10.1 Å². The molecular weight excluding hydrogens is 324 g/mol. The van der Waals surface area contributed by atoms with Crippen LogP contribution in [0.3, 0.4) is 0 Å². The SMILES string of the molecule is CCn1nc(C)c2cnc(N3CCN(C)CC3Cc3ccccc3)nc21. The molecule has 1 saturated heterocycles. The summed E-state index contributed by atoms with van der Waals surface area (Å²) in [6, 6.07) is 11.1.